The molecule has 0 unspecified atom stereocenters. The molecule has 0 radical (unpaired) electrons. The quantitative estimate of drug-likeness (QED) is 0.761. The first-order valence-corrected chi connectivity index (χ1v) is 7.08. The van der Waals surface area contributed by atoms with Gasteiger partial charge in [0.25, 0.3) is 0 Å². The molecule has 0 spiro atoms. The monoisotopic (exact) mass is 328 g/mol. The van der Waals surface area contributed by atoms with Crippen LogP contribution < -0.4 is 5.69 Å². The van der Waals surface area contributed by atoms with Crippen LogP contribution in [0.2, 0.25) is 0 Å². The standard InChI is InChI=1S/C16H13BrN2O/c1-11-13(17)8-5-9-15(11)19-10-14(18-16(19)20)12-6-3-2-4-7-12/h2-10H,1H3,(H,18,20). The Morgan fingerprint density at radius 2 is 1.80 bits per heavy atom. The smallest absolute Gasteiger partial charge is 0.305 e. The fourth-order valence-corrected chi connectivity index (χ4v) is 2.55. The predicted molar refractivity (Wildman–Crippen MR) is 84.3 cm³/mol. The molecule has 0 fully saturated rings. The van der Waals surface area contributed by atoms with Gasteiger partial charge in [-0.2, -0.15) is 0 Å². The molecule has 0 atom stereocenters. The molecule has 3 aromatic rings. The van der Waals surface area contributed by atoms with Gasteiger partial charge in [-0.25, -0.2) is 4.79 Å². The first kappa shape index (κ1) is 12.9. The van der Waals surface area contributed by atoms with Crippen LogP contribution in [-0.2, 0) is 0 Å². The van der Waals surface area contributed by atoms with Gasteiger partial charge in [0, 0.05) is 10.7 Å². The Morgan fingerprint density at radius 1 is 1.05 bits per heavy atom. The summed E-state index contributed by atoms with van der Waals surface area (Å²) in [5.74, 6) is 0. The van der Waals surface area contributed by atoms with E-state index in [1.54, 1.807) is 4.57 Å². The van der Waals surface area contributed by atoms with Crippen molar-refractivity contribution in [3.8, 4) is 16.9 Å². The zero-order valence-electron chi connectivity index (χ0n) is 10.9. The van der Waals surface area contributed by atoms with Crippen LogP contribution in [0.3, 0.4) is 0 Å². The summed E-state index contributed by atoms with van der Waals surface area (Å²) in [6, 6.07) is 15.6. The Bertz CT molecular complexity index is 803. The number of imidazole rings is 1. The number of nitrogens with one attached hydrogen (secondary N) is 1. The molecule has 20 heavy (non-hydrogen) atoms. The van der Waals surface area contributed by atoms with Crippen LogP contribution in [0, 0.1) is 6.92 Å². The molecule has 2 aromatic carbocycles. The van der Waals surface area contributed by atoms with Crippen LogP contribution in [-0.4, -0.2) is 9.55 Å². The largest absolute Gasteiger partial charge is 0.330 e. The van der Waals surface area contributed by atoms with E-state index in [9.17, 15) is 4.79 Å². The normalized spacial score (nSPS) is 10.7. The molecule has 0 saturated heterocycles. The topological polar surface area (TPSA) is 37.8 Å². The molecule has 0 aliphatic carbocycles. The third-order valence-electron chi connectivity index (χ3n) is 3.30. The average Bonchev–Trinajstić information content (AvgIpc) is 2.85. The number of aromatic amines is 1. The Morgan fingerprint density at radius 3 is 2.55 bits per heavy atom. The van der Waals surface area contributed by atoms with E-state index in [-0.39, 0.29) is 5.69 Å². The third kappa shape index (κ3) is 2.23. The molecule has 3 nitrogen and oxygen atoms in total. The summed E-state index contributed by atoms with van der Waals surface area (Å²) in [6.45, 7) is 1.99. The summed E-state index contributed by atoms with van der Waals surface area (Å²) in [6.07, 6.45) is 1.84. The molecular formula is C16H13BrN2O. The van der Waals surface area contributed by atoms with E-state index < -0.39 is 0 Å². The fraction of sp³-hybridized carbons (Fsp3) is 0.0625. The SMILES string of the molecule is Cc1c(Br)cccc1-n1cc(-c2ccccc2)[nH]c1=O. The molecule has 3 rings (SSSR count). The van der Waals surface area contributed by atoms with Gasteiger partial charge in [0.15, 0.2) is 0 Å². The number of H-pyrrole nitrogens is 1. The van der Waals surface area contributed by atoms with E-state index in [1.165, 1.54) is 0 Å². The van der Waals surface area contributed by atoms with Gasteiger partial charge >= 0.3 is 5.69 Å². The van der Waals surface area contributed by atoms with Gasteiger partial charge in [0.2, 0.25) is 0 Å². The highest BCUT2D eigenvalue weighted by molar-refractivity contribution is 9.10. The molecule has 0 aliphatic rings. The molecule has 100 valence electrons. The average molecular weight is 329 g/mol. The number of halogens is 1. The zero-order chi connectivity index (χ0) is 14.1. The van der Waals surface area contributed by atoms with Crippen LogP contribution in [0.5, 0.6) is 0 Å². The van der Waals surface area contributed by atoms with Crippen molar-refractivity contribution in [3.05, 3.63) is 75.2 Å². The van der Waals surface area contributed by atoms with Crippen molar-refractivity contribution >= 4 is 15.9 Å². The molecule has 0 bridgehead atoms. The molecular weight excluding hydrogens is 316 g/mol. The molecule has 0 amide bonds. The highest BCUT2D eigenvalue weighted by Crippen LogP contribution is 2.23. The number of hydrogen-bond acceptors (Lipinski definition) is 1. The Labute approximate surface area is 125 Å². The van der Waals surface area contributed by atoms with Crippen molar-refractivity contribution in [2.45, 2.75) is 6.92 Å². The summed E-state index contributed by atoms with van der Waals surface area (Å²) >= 11 is 3.49. The van der Waals surface area contributed by atoms with Crippen molar-refractivity contribution in [2.75, 3.05) is 0 Å². The summed E-state index contributed by atoms with van der Waals surface area (Å²) in [7, 11) is 0. The summed E-state index contributed by atoms with van der Waals surface area (Å²) in [5.41, 5.74) is 3.59. The van der Waals surface area contributed by atoms with Crippen molar-refractivity contribution in [2.24, 2.45) is 0 Å². The Kier molecular flexibility index (Phi) is 3.32. The van der Waals surface area contributed by atoms with Gasteiger partial charge in [-0.3, -0.25) is 4.57 Å². The second-order valence-electron chi connectivity index (χ2n) is 4.59. The van der Waals surface area contributed by atoms with E-state index in [1.807, 2.05) is 61.7 Å². The molecule has 1 aromatic heterocycles. The molecule has 1 heterocycles. The molecule has 1 N–H and O–H groups in total. The van der Waals surface area contributed by atoms with Crippen molar-refractivity contribution < 1.29 is 0 Å². The Balaban J connectivity index is 2.15. The van der Waals surface area contributed by atoms with Gasteiger partial charge in [0.05, 0.1) is 11.4 Å². The second kappa shape index (κ2) is 5.13. The van der Waals surface area contributed by atoms with Crippen LogP contribution in [0.1, 0.15) is 5.56 Å². The molecule has 0 saturated carbocycles. The van der Waals surface area contributed by atoms with Crippen LogP contribution >= 0.6 is 15.9 Å². The third-order valence-corrected chi connectivity index (χ3v) is 4.16. The van der Waals surface area contributed by atoms with Crippen molar-refractivity contribution in [1.29, 1.82) is 0 Å². The zero-order valence-corrected chi connectivity index (χ0v) is 12.5. The minimum atomic E-state index is -0.134. The maximum atomic E-state index is 12.2. The van der Waals surface area contributed by atoms with Gasteiger partial charge in [-0.15, -0.1) is 0 Å². The summed E-state index contributed by atoms with van der Waals surface area (Å²) in [5, 5.41) is 0. The van der Waals surface area contributed by atoms with E-state index >= 15 is 0 Å². The number of hydrogen-bond donors (Lipinski definition) is 1. The number of rotatable bonds is 2. The minimum Gasteiger partial charge on any atom is -0.305 e. The van der Waals surface area contributed by atoms with E-state index in [4.69, 9.17) is 0 Å². The van der Waals surface area contributed by atoms with Crippen LogP contribution in [0.15, 0.2) is 64.0 Å². The number of benzene rings is 2. The lowest BCUT2D eigenvalue weighted by Crippen LogP contribution is -2.15. The van der Waals surface area contributed by atoms with Crippen molar-refractivity contribution in [1.82, 2.24) is 9.55 Å². The van der Waals surface area contributed by atoms with E-state index in [0.717, 1.165) is 27.0 Å². The first-order chi connectivity index (χ1) is 9.66. The Hall–Kier alpha value is -2.07. The predicted octanol–water partition coefficient (Wildman–Crippen LogP) is 3.90. The van der Waals surface area contributed by atoms with Crippen LogP contribution in [0.25, 0.3) is 16.9 Å². The van der Waals surface area contributed by atoms with Crippen LogP contribution in [0.4, 0.5) is 0 Å². The lowest BCUT2D eigenvalue weighted by molar-refractivity contribution is 0.974. The molecule has 0 aliphatic heterocycles. The van der Waals surface area contributed by atoms with E-state index in [2.05, 4.69) is 20.9 Å². The highest BCUT2D eigenvalue weighted by atomic mass is 79.9. The van der Waals surface area contributed by atoms with Gasteiger partial charge in [-0.1, -0.05) is 52.3 Å². The van der Waals surface area contributed by atoms with Gasteiger partial charge in [0.1, 0.15) is 0 Å². The first-order valence-electron chi connectivity index (χ1n) is 6.29. The lowest BCUT2D eigenvalue weighted by atomic mass is 10.2. The minimum absolute atomic E-state index is 0.134. The van der Waals surface area contributed by atoms with Crippen molar-refractivity contribution in [3.63, 3.8) is 0 Å². The summed E-state index contributed by atoms with van der Waals surface area (Å²) in [4.78, 5) is 15.1. The maximum Gasteiger partial charge on any atom is 0.330 e. The fourth-order valence-electron chi connectivity index (χ4n) is 2.20. The lowest BCUT2D eigenvalue weighted by Gasteiger charge is -2.06. The second-order valence-corrected chi connectivity index (χ2v) is 5.45. The molecule has 4 heteroatoms. The van der Waals surface area contributed by atoms with Gasteiger partial charge in [-0.05, 0) is 30.2 Å². The maximum absolute atomic E-state index is 12.2. The summed E-state index contributed by atoms with van der Waals surface area (Å²) < 4.78 is 2.63. The highest BCUT2D eigenvalue weighted by Gasteiger charge is 2.09. The van der Waals surface area contributed by atoms with E-state index in [0.29, 0.717) is 0 Å². The number of nitrogens with zero attached hydrogens (tertiary/aromatic N) is 1. The number of aromatic nitrogens is 2. The van der Waals surface area contributed by atoms with Gasteiger partial charge < -0.3 is 4.98 Å².